The quantitative estimate of drug-likeness (QED) is 0.416. The molecule has 5 heteroatoms. The summed E-state index contributed by atoms with van der Waals surface area (Å²) in [6.45, 7) is 4.73. The third-order valence-electron chi connectivity index (χ3n) is 5.45. The third kappa shape index (κ3) is 2.81. The highest BCUT2D eigenvalue weighted by Gasteiger charge is 2.27. The molecule has 0 bridgehead atoms. The molecule has 0 saturated heterocycles. The summed E-state index contributed by atoms with van der Waals surface area (Å²) in [5.41, 5.74) is 4.23. The number of hydrogen-bond acceptors (Lipinski definition) is 4. The van der Waals surface area contributed by atoms with E-state index in [1.807, 2.05) is 55.5 Å². The predicted octanol–water partition coefficient (Wildman–Crippen LogP) is 5.17. The maximum atomic E-state index is 12.8. The van der Waals surface area contributed by atoms with Crippen LogP contribution in [-0.2, 0) is 13.0 Å². The van der Waals surface area contributed by atoms with Crippen LogP contribution in [0, 0.1) is 6.92 Å². The van der Waals surface area contributed by atoms with E-state index in [0.29, 0.717) is 28.9 Å². The molecule has 0 radical (unpaired) electrons. The van der Waals surface area contributed by atoms with Gasteiger partial charge in [0.25, 0.3) is 5.56 Å². The highest BCUT2D eigenvalue weighted by molar-refractivity contribution is 7.18. The van der Waals surface area contributed by atoms with Gasteiger partial charge >= 0.3 is 0 Å². The fourth-order valence-electron chi connectivity index (χ4n) is 3.89. The van der Waals surface area contributed by atoms with E-state index >= 15 is 0 Å². The first-order valence-electron chi connectivity index (χ1n) is 9.69. The lowest BCUT2D eigenvalue weighted by Crippen LogP contribution is -2.23. The number of aliphatic hydroxyl groups excluding tert-OH is 1. The summed E-state index contributed by atoms with van der Waals surface area (Å²) in [5, 5.41) is 11.9. The minimum atomic E-state index is -0.240. The molecule has 29 heavy (non-hydrogen) atoms. The minimum Gasteiger partial charge on any atom is -0.507 e. The van der Waals surface area contributed by atoms with Crippen LogP contribution in [-0.4, -0.2) is 14.7 Å². The largest absolute Gasteiger partial charge is 0.507 e. The van der Waals surface area contributed by atoms with Crippen molar-refractivity contribution in [3.05, 3.63) is 97.9 Å². The number of aliphatic hydroxyl groups is 1. The second-order valence-corrected chi connectivity index (χ2v) is 8.47. The van der Waals surface area contributed by atoms with Crippen LogP contribution >= 0.6 is 11.3 Å². The fraction of sp³-hybridized carbons (Fsp3) is 0.167. The Bertz CT molecular complexity index is 1340. The van der Waals surface area contributed by atoms with Gasteiger partial charge in [-0.25, -0.2) is 0 Å². The molecule has 2 aromatic heterocycles. The van der Waals surface area contributed by atoms with E-state index in [9.17, 15) is 9.90 Å². The number of rotatable bonds is 2. The zero-order chi connectivity index (χ0) is 20.1. The highest BCUT2D eigenvalue weighted by atomic mass is 32.1. The molecule has 0 saturated carbocycles. The molecular formula is C24H20N2O2S. The number of aryl methyl sites for hydroxylation is 2. The number of benzene rings is 2. The van der Waals surface area contributed by atoms with Crippen LogP contribution < -0.4 is 5.56 Å². The lowest BCUT2D eigenvalue weighted by atomic mass is 9.92. The van der Waals surface area contributed by atoms with Crippen molar-refractivity contribution < 1.29 is 5.11 Å². The Morgan fingerprint density at radius 1 is 1.17 bits per heavy atom. The van der Waals surface area contributed by atoms with Crippen molar-refractivity contribution in [1.82, 2.24) is 9.55 Å². The molecule has 5 rings (SSSR count). The van der Waals surface area contributed by atoms with Gasteiger partial charge < -0.3 is 9.67 Å². The molecule has 0 spiro atoms. The van der Waals surface area contributed by atoms with Crippen LogP contribution in [0.4, 0.5) is 0 Å². The van der Waals surface area contributed by atoms with Gasteiger partial charge in [-0.2, -0.15) is 4.98 Å². The monoisotopic (exact) mass is 400 g/mol. The van der Waals surface area contributed by atoms with Crippen LogP contribution in [0.3, 0.4) is 0 Å². The van der Waals surface area contributed by atoms with Crippen molar-refractivity contribution in [2.24, 2.45) is 0 Å². The van der Waals surface area contributed by atoms with Gasteiger partial charge in [0.15, 0.2) is 0 Å². The van der Waals surface area contributed by atoms with Crippen LogP contribution in [0.15, 0.2) is 59.4 Å². The molecule has 4 aromatic rings. The van der Waals surface area contributed by atoms with Crippen LogP contribution in [0.25, 0.3) is 21.5 Å². The van der Waals surface area contributed by atoms with Crippen LogP contribution in [0.2, 0.25) is 0 Å². The topological polar surface area (TPSA) is 55.1 Å². The highest BCUT2D eigenvalue weighted by Crippen LogP contribution is 2.38. The second kappa shape index (κ2) is 6.71. The summed E-state index contributed by atoms with van der Waals surface area (Å²) in [5.74, 6) is 0.674. The Hall–Kier alpha value is -3.18. The van der Waals surface area contributed by atoms with Gasteiger partial charge in [0.05, 0.1) is 17.5 Å². The SMILES string of the molecule is CCc1cc2c(=O)nc3n(c2s1)Cc1ccccc1/C3=C(/O)c1ccc(C)cc1. The summed E-state index contributed by atoms with van der Waals surface area (Å²) in [7, 11) is 0. The molecule has 0 atom stereocenters. The van der Waals surface area contributed by atoms with E-state index in [1.54, 1.807) is 11.3 Å². The minimum absolute atomic E-state index is 0.143. The fourth-order valence-corrected chi connectivity index (χ4v) is 4.98. The molecule has 3 heterocycles. The number of thiophene rings is 1. The Morgan fingerprint density at radius 3 is 2.69 bits per heavy atom. The molecule has 0 unspecified atom stereocenters. The van der Waals surface area contributed by atoms with E-state index in [1.165, 1.54) is 0 Å². The summed E-state index contributed by atoms with van der Waals surface area (Å²) in [4.78, 5) is 19.3. The number of aromatic nitrogens is 2. The normalized spacial score (nSPS) is 14.6. The molecule has 1 N–H and O–H groups in total. The predicted molar refractivity (Wildman–Crippen MR) is 119 cm³/mol. The molecule has 0 amide bonds. The Kier molecular flexibility index (Phi) is 4.14. The molecule has 144 valence electrons. The molecule has 0 fully saturated rings. The first-order valence-corrected chi connectivity index (χ1v) is 10.5. The van der Waals surface area contributed by atoms with E-state index in [2.05, 4.69) is 22.5 Å². The Balaban J connectivity index is 1.87. The Morgan fingerprint density at radius 2 is 1.93 bits per heavy atom. The van der Waals surface area contributed by atoms with E-state index < -0.39 is 0 Å². The molecule has 1 aliphatic rings. The van der Waals surface area contributed by atoms with Crippen molar-refractivity contribution in [2.75, 3.05) is 0 Å². The molecule has 2 aromatic carbocycles. The van der Waals surface area contributed by atoms with Gasteiger partial charge in [-0.15, -0.1) is 11.3 Å². The first kappa shape index (κ1) is 17.9. The van der Waals surface area contributed by atoms with E-state index in [4.69, 9.17) is 0 Å². The summed E-state index contributed by atoms with van der Waals surface area (Å²) >= 11 is 1.63. The van der Waals surface area contributed by atoms with E-state index in [0.717, 1.165) is 32.8 Å². The van der Waals surface area contributed by atoms with Gasteiger partial charge in [0.2, 0.25) is 0 Å². The standard InChI is InChI=1S/C24H20N2O2S/c1-3-17-12-19-23(28)25-22-20(21(27)15-10-8-14(2)9-11-15)18-7-5-4-6-16(18)13-26(22)24(19)29-17/h4-12,27H,3,13H2,1-2H3/b21-20-. The molecule has 0 aliphatic carbocycles. The maximum Gasteiger partial charge on any atom is 0.281 e. The second-order valence-electron chi connectivity index (χ2n) is 7.36. The van der Waals surface area contributed by atoms with Crippen molar-refractivity contribution in [3.8, 4) is 0 Å². The molecule has 1 aliphatic heterocycles. The third-order valence-corrected chi connectivity index (χ3v) is 6.75. The maximum absolute atomic E-state index is 12.8. The Labute approximate surface area is 172 Å². The van der Waals surface area contributed by atoms with Crippen LogP contribution in [0.1, 0.15) is 39.9 Å². The van der Waals surface area contributed by atoms with Crippen molar-refractivity contribution >= 4 is 32.9 Å². The van der Waals surface area contributed by atoms with Gasteiger partial charge in [-0.05, 0) is 30.5 Å². The molecule has 4 nitrogen and oxygen atoms in total. The van der Waals surface area contributed by atoms with Crippen molar-refractivity contribution in [1.29, 1.82) is 0 Å². The number of hydrogen-bond donors (Lipinski definition) is 1. The molecular weight excluding hydrogens is 380 g/mol. The smallest absolute Gasteiger partial charge is 0.281 e. The lowest BCUT2D eigenvalue weighted by molar-refractivity contribution is 0.512. The van der Waals surface area contributed by atoms with E-state index in [-0.39, 0.29) is 11.3 Å². The average molecular weight is 401 g/mol. The van der Waals surface area contributed by atoms with Gasteiger partial charge in [0.1, 0.15) is 16.4 Å². The first-order chi connectivity index (χ1) is 14.1. The number of nitrogens with zero attached hydrogens (tertiary/aromatic N) is 2. The number of fused-ring (bicyclic) bond motifs is 4. The van der Waals surface area contributed by atoms with Gasteiger partial charge in [0, 0.05) is 10.4 Å². The van der Waals surface area contributed by atoms with Crippen LogP contribution in [0.5, 0.6) is 0 Å². The van der Waals surface area contributed by atoms with Crippen molar-refractivity contribution in [3.63, 3.8) is 0 Å². The average Bonchev–Trinajstić information content (AvgIpc) is 3.18. The van der Waals surface area contributed by atoms with Crippen molar-refractivity contribution in [2.45, 2.75) is 26.8 Å². The summed E-state index contributed by atoms with van der Waals surface area (Å²) in [6, 6.07) is 17.7. The lowest BCUT2D eigenvalue weighted by Gasteiger charge is -2.25. The van der Waals surface area contributed by atoms with Gasteiger partial charge in [-0.3, -0.25) is 4.79 Å². The summed E-state index contributed by atoms with van der Waals surface area (Å²) in [6.07, 6.45) is 0.877. The zero-order valence-corrected chi connectivity index (χ0v) is 17.1. The zero-order valence-electron chi connectivity index (χ0n) is 16.3. The van der Waals surface area contributed by atoms with Gasteiger partial charge in [-0.1, -0.05) is 61.0 Å². The summed E-state index contributed by atoms with van der Waals surface area (Å²) < 4.78 is 2.07.